The Bertz CT molecular complexity index is 375. The van der Waals surface area contributed by atoms with Gasteiger partial charge in [-0.15, -0.1) is 0 Å². The third kappa shape index (κ3) is 3.87. The zero-order chi connectivity index (χ0) is 12.0. The summed E-state index contributed by atoms with van der Waals surface area (Å²) in [5.41, 5.74) is 5.74. The van der Waals surface area contributed by atoms with Crippen molar-refractivity contribution in [2.75, 3.05) is 18.5 Å². The molecule has 0 atom stereocenters. The van der Waals surface area contributed by atoms with E-state index >= 15 is 0 Å². The number of carboxylic acids is 1. The largest absolute Gasteiger partial charge is 0.478 e. The lowest BCUT2D eigenvalue weighted by Crippen LogP contribution is -2.18. The Hall–Kier alpha value is -2.24. The molecule has 0 aliphatic heterocycles. The van der Waals surface area contributed by atoms with Crippen LogP contribution < -0.4 is 11.1 Å². The average molecular weight is 224 g/mol. The smallest absolute Gasteiger partial charge is 0.404 e. The van der Waals surface area contributed by atoms with Crippen LogP contribution in [0.4, 0.5) is 10.5 Å². The Morgan fingerprint density at radius 2 is 1.94 bits per heavy atom. The first-order chi connectivity index (χ1) is 7.59. The van der Waals surface area contributed by atoms with Crippen LogP contribution in [0.3, 0.4) is 0 Å². The van der Waals surface area contributed by atoms with Crippen molar-refractivity contribution in [3.8, 4) is 0 Å². The van der Waals surface area contributed by atoms with Crippen molar-refractivity contribution >= 4 is 17.7 Å². The molecule has 0 spiro atoms. The fourth-order valence-corrected chi connectivity index (χ4v) is 1.08. The predicted molar refractivity (Wildman–Crippen MR) is 57.4 cm³/mol. The molecule has 1 rings (SSSR count). The Morgan fingerprint density at radius 3 is 2.44 bits per heavy atom. The van der Waals surface area contributed by atoms with Crippen molar-refractivity contribution in [2.24, 2.45) is 5.73 Å². The second-order valence-electron chi connectivity index (χ2n) is 2.98. The van der Waals surface area contributed by atoms with Gasteiger partial charge in [-0.05, 0) is 24.3 Å². The molecule has 0 aliphatic carbocycles. The molecule has 0 bridgehead atoms. The van der Waals surface area contributed by atoms with E-state index < -0.39 is 12.1 Å². The van der Waals surface area contributed by atoms with Crippen LogP contribution in [0.1, 0.15) is 10.4 Å². The minimum atomic E-state index is -0.969. The van der Waals surface area contributed by atoms with Gasteiger partial charge in [-0.3, -0.25) is 0 Å². The molecule has 6 heteroatoms. The maximum Gasteiger partial charge on any atom is 0.404 e. The molecular weight excluding hydrogens is 212 g/mol. The summed E-state index contributed by atoms with van der Waals surface area (Å²) in [6.45, 7) is 0.575. The molecule has 86 valence electrons. The summed E-state index contributed by atoms with van der Waals surface area (Å²) in [6.07, 6.45) is -0.817. The number of carbonyl (C=O) groups excluding carboxylic acids is 1. The molecule has 0 aromatic heterocycles. The minimum Gasteiger partial charge on any atom is -0.478 e. The van der Waals surface area contributed by atoms with Gasteiger partial charge in [0.25, 0.3) is 0 Å². The highest BCUT2D eigenvalue weighted by Gasteiger charge is 2.01. The standard InChI is InChI=1S/C10H12N2O4/c11-10(15)16-6-5-12-8-3-1-7(2-4-8)9(13)14/h1-4,12H,5-6H2,(H2,11,15)(H,13,14). The number of carboxylic acid groups (broad SMARTS) is 1. The van der Waals surface area contributed by atoms with Gasteiger partial charge in [0.2, 0.25) is 0 Å². The molecule has 0 radical (unpaired) electrons. The highest BCUT2D eigenvalue weighted by atomic mass is 16.5. The van der Waals surface area contributed by atoms with Gasteiger partial charge in [0, 0.05) is 12.2 Å². The van der Waals surface area contributed by atoms with E-state index in [1.807, 2.05) is 0 Å². The molecule has 1 aromatic rings. The minimum absolute atomic E-state index is 0.163. The first-order valence-electron chi connectivity index (χ1n) is 4.59. The number of benzene rings is 1. The van der Waals surface area contributed by atoms with Gasteiger partial charge in [-0.2, -0.15) is 0 Å². The van der Waals surface area contributed by atoms with E-state index in [-0.39, 0.29) is 12.2 Å². The van der Waals surface area contributed by atoms with Gasteiger partial charge in [0.15, 0.2) is 0 Å². The third-order valence-electron chi connectivity index (χ3n) is 1.81. The van der Waals surface area contributed by atoms with Gasteiger partial charge < -0.3 is 20.9 Å². The number of nitrogens with one attached hydrogen (secondary N) is 1. The summed E-state index contributed by atoms with van der Waals surface area (Å²) < 4.78 is 4.51. The van der Waals surface area contributed by atoms with Crippen LogP contribution >= 0.6 is 0 Å². The molecule has 0 aliphatic rings. The topological polar surface area (TPSA) is 102 Å². The van der Waals surface area contributed by atoms with Crippen LogP contribution in [0.5, 0.6) is 0 Å². The van der Waals surface area contributed by atoms with E-state index in [1.54, 1.807) is 12.1 Å². The maximum atomic E-state index is 10.6. The van der Waals surface area contributed by atoms with E-state index in [0.717, 1.165) is 5.69 Å². The molecule has 0 saturated heterocycles. The highest BCUT2D eigenvalue weighted by Crippen LogP contribution is 2.08. The lowest BCUT2D eigenvalue weighted by molar-refractivity contribution is 0.0697. The Labute approximate surface area is 92.0 Å². The first-order valence-corrected chi connectivity index (χ1v) is 4.59. The van der Waals surface area contributed by atoms with Crippen LogP contribution in [0.2, 0.25) is 0 Å². The zero-order valence-electron chi connectivity index (χ0n) is 8.47. The number of anilines is 1. The van der Waals surface area contributed by atoms with Crippen molar-refractivity contribution in [2.45, 2.75) is 0 Å². The van der Waals surface area contributed by atoms with Gasteiger partial charge >= 0.3 is 12.1 Å². The van der Waals surface area contributed by atoms with E-state index in [9.17, 15) is 9.59 Å². The lowest BCUT2D eigenvalue weighted by atomic mass is 10.2. The van der Waals surface area contributed by atoms with Crippen LogP contribution in [0.25, 0.3) is 0 Å². The van der Waals surface area contributed by atoms with Gasteiger partial charge in [0.1, 0.15) is 6.61 Å². The van der Waals surface area contributed by atoms with Crippen molar-refractivity contribution in [1.29, 1.82) is 0 Å². The lowest BCUT2D eigenvalue weighted by Gasteiger charge is -2.06. The number of hydrogen-bond donors (Lipinski definition) is 3. The van der Waals surface area contributed by atoms with E-state index in [4.69, 9.17) is 10.8 Å². The summed E-state index contributed by atoms with van der Waals surface area (Å²) in [6, 6.07) is 6.24. The zero-order valence-corrected chi connectivity index (χ0v) is 8.47. The van der Waals surface area contributed by atoms with E-state index in [1.165, 1.54) is 12.1 Å². The molecule has 0 unspecified atom stereocenters. The quantitative estimate of drug-likeness (QED) is 0.645. The van der Waals surface area contributed by atoms with E-state index in [0.29, 0.717) is 6.54 Å². The molecule has 1 aromatic carbocycles. The Balaban J connectivity index is 2.38. The second-order valence-corrected chi connectivity index (χ2v) is 2.98. The molecular formula is C10H12N2O4. The number of rotatable bonds is 5. The summed E-state index contributed by atoms with van der Waals surface area (Å²) in [4.78, 5) is 20.8. The summed E-state index contributed by atoms with van der Waals surface area (Å²) in [5, 5.41) is 11.6. The number of amides is 1. The molecule has 6 nitrogen and oxygen atoms in total. The number of carbonyl (C=O) groups is 2. The highest BCUT2D eigenvalue weighted by molar-refractivity contribution is 5.87. The van der Waals surface area contributed by atoms with Gasteiger partial charge in [-0.1, -0.05) is 0 Å². The van der Waals surface area contributed by atoms with Crippen molar-refractivity contribution in [3.05, 3.63) is 29.8 Å². The molecule has 1 amide bonds. The number of hydrogen-bond acceptors (Lipinski definition) is 4. The molecule has 4 N–H and O–H groups in total. The SMILES string of the molecule is NC(=O)OCCNc1ccc(C(=O)O)cc1. The van der Waals surface area contributed by atoms with Gasteiger partial charge in [-0.25, -0.2) is 9.59 Å². The van der Waals surface area contributed by atoms with Crippen molar-refractivity contribution < 1.29 is 19.4 Å². The summed E-state index contributed by atoms with van der Waals surface area (Å²) in [7, 11) is 0. The number of nitrogens with two attached hydrogens (primary N) is 1. The predicted octanol–water partition coefficient (Wildman–Crippen LogP) is 0.892. The summed E-state index contributed by atoms with van der Waals surface area (Å²) in [5.74, 6) is -0.969. The van der Waals surface area contributed by atoms with Crippen LogP contribution in [-0.2, 0) is 4.74 Å². The normalized spacial score (nSPS) is 9.50. The fraction of sp³-hybridized carbons (Fsp3) is 0.200. The van der Waals surface area contributed by atoms with Crippen molar-refractivity contribution in [1.82, 2.24) is 0 Å². The average Bonchev–Trinajstić information content (AvgIpc) is 2.25. The monoisotopic (exact) mass is 224 g/mol. The first kappa shape index (κ1) is 11.8. The fourth-order valence-electron chi connectivity index (χ4n) is 1.08. The maximum absolute atomic E-state index is 10.6. The molecule has 16 heavy (non-hydrogen) atoms. The molecule has 0 fully saturated rings. The Kier molecular flexibility index (Phi) is 4.14. The molecule has 0 heterocycles. The third-order valence-corrected chi connectivity index (χ3v) is 1.81. The number of ether oxygens (including phenoxy) is 1. The Morgan fingerprint density at radius 1 is 1.31 bits per heavy atom. The summed E-state index contributed by atoms with van der Waals surface area (Å²) >= 11 is 0. The van der Waals surface area contributed by atoms with Crippen LogP contribution in [0.15, 0.2) is 24.3 Å². The second kappa shape index (κ2) is 5.59. The van der Waals surface area contributed by atoms with Crippen molar-refractivity contribution in [3.63, 3.8) is 0 Å². The number of aromatic carboxylic acids is 1. The number of primary amides is 1. The van der Waals surface area contributed by atoms with Crippen LogP contribution in [-0.4, -0.2) is 30.3 Å². The molecule has 0 saturated carbocycles. The van der Waals surface area contributed by atoms with Crippen LogP contribution in [0, 0.1) is 0 Å². The van der Waals surface area contributed by atoms with Gasteiger partial charge in [0.05, 0.1) is 5.56 Å². The van der Waals surface area contributed by atoms with E-state index in [2.05, 4.69) is 10.1 Å².